The summed E-state index contributed by atoms with van der Waals surface area (Å²) in [6, 6.07) is 1.51. The van der Waals surface area contributed by atoms with Crippen molar-refractivity contribution >= 4 is 0 Å². The van der Waals surface area contributed by atoms with Gasteiger partial charge in [-0.3, -0.25) is 0 Å². The first-order valence-electron chi connectivity index (χ1n) is 3.69. The van der Waals surface area contributed by atoms with Gasteiger partial charge in [-0.05, 0) is 13.0 Å². The van der Waals surface area contributed by atoms with E-state index in [1.165, 1.54) is 12.3 Å². The molecule has 1 aromatic heterocycles. The summed E-state index contributed by atoms with van der Waals surface area (Å²) in [6.07, 6.45) is 1.11. The smallest absolute Gasteiger partial charge is 0.272 e. The monoisotopic (exact) mass is 173 g/mol. The normalized spacial score (nSPS) is 32.0. The molecule has 0 radical (unpaired) electrons. The summed E-state index contributed by atoms with van der Waals surface area (Å²) in [7, 11) is 0. The Labute approximate surface area is 68.4 Å². The van der Waals surface area contributed by atoms with Crippen LogP contribution in [0.25, 0.3) is 0 Å². The molecule has 2 nitrogen and oxygen atoms in total. The van der Waals surface area contributed by atoms with Gasteiger partial charge in [0, 0.05) is 12.0 Å². The van der Waals surface area contributed by atoms with Crippen molar-refractivity contribution in [2.45, 2.75) is 24.8 Å². The quantitative estimate of drug-likeness (QED) is 0.703. The molecule has 2 N–H and O–H groups in total. The first kappa shape index (κ1) is 7.73. The number of hydrogen-bond donors (Lipinski definition) is 1. The molecule has 12 heavy (non-hydrogen) atoms. The van der Waals surface area contributed by atoms with Gasteiger partial charge in [0.15, 0.2) is 0 Å². The predicted molar refractivity (Wildman–Crippen MR) is 38.9 cm³/mol. The van der Waals surface area contributed by atoms with Gasteiger partial charge >= 0.3 is 0 Å². The predicted octanol–water partition coefficient (Wildman–Crippen LogP) is 1.78. The fraction of sp³-hybridized carbons (Fsp3) is 0.500. The van der Waals surface area contributed by atoms with Crippen molar-refractivity contribution in [3.63, 3.8) is 0 Å². The van der Waals surface area contributed by atoms with E-state index in [0.717, 1.165) is 0 Å². The third kappa shape index (κ3) is 0.756. The highest BCUT2D eigenvalue weighted by Gasteiger charge is 2.70. The Morgan fingerprint density at radius 2 is 2.17 bits per heavy atom. The van der Waals surface area contributed by atoms with Gasteiger partial charge in [0.1, 0.15) is 11.3 Å². The van der Waals surface area contributed by atoms with E-state index < -0.39 is 11.5 Å². The lowest BCUT2D eigenvalue weighted by atomic mass is 10.1. The van der Waals surface area contributed by atoms with Crippen molar-refractivity contribution < 1.29 is 13.2 Å². The van der Waals surface area contributed by atoms with E-state index in [1.54, 1.807) is 6.92 Å². The van der Waals surface area contributed by atoms with Gasteiger partial charge in [-0.2, -0.15) is 0 Å². The molecular weight excluding hydrogens is 164 g/mol. The Balaban J connectivity index is 2.40. The van der Waals surface area contributed by atoms with Crippen molar-refractivity contribution in [1.82, 2.24) is 0 Å². The number of halogens is 2. The molecule has 1 aliphatic carbocycles. The van der Waals surface area contributed by atoms with Crippen LogP contribution in [0, 0.1) is 6.92 Å². The number of rotatable bonds is 1. The maximum absolute atomic E-state index is 12.8. The molecule has 1 atom stereocenters. The van der Waals surface area contributed by atoms with Crippen LogP contribution in [0.1, 0.15) is 17.7 Å². The fourth-order valence-electron chi connectivity index (χ4n) is 1.45. The molecule has 0 saturated heterocycles. The van der Waals surface area contributed by atoms with Crippen molar-refractivity contribution in [3.8, 4) is 0 Å². The van der Waals surface area contributed by atoms with E-state index in [4.69, 9.17) is 10.2 Å². The Bertz CT molecular complexity index is 321. The summed E-state index contributed by atoms with van der Waals surface area (Å²) < 4.78 is 30.4. The number of furan rings is 1. The molecule has 1 heterocycles. The number of hydrogen-bond acceptors (Lipinski definition) is 2. The molecule has 0 amide bonds. The van der Waals surface area contributed by atoms with Gasteiger partial charge in [-0.15, -0.1) is 0 Å². The standard InChI is InChI=1S/C8H9F2NO/c1-5-6(2-3-12-5)7(11)4-8(7,9)10/h2-3H,4,11H2,1H3. The van der Waals surface area contributed by atoms with Crippen LogP contribution in [-0.4, -0.2) is 5.92 Å². The van der Waals surface area contributed by atoms with Crippen molar-refractivity contribution in [3.05, 3.63) is 23.7 Å². The maximum atomic E-state index is 12.8. The summed E-state index contributed by atoms with van der Waals surface area (Å²) in [6.45, 7) is 1.64. The van der Waals surface area contributed by atoms with Crippen molar-refractivity contribution in [2.75, 3.05) is 0 Å². The van der Waals surface area contributed by atoms with Crippen LogP contribution in [0.2, 0.25) is 0 Å². The maximum Gasteiger partial charge on any atom is 0.272 e. The van der Waals surface area contributed by atoms with Crippen LogP contribution in [-0.2, 0) is 5.54 Å². The Kier molecular flexibility index (Phi) is 1.21. The number of nitrogens with two attached hydrogens (primary N) is 1. The van der Waals surface area contributed by atoms with E-state index >= 15 is 0 Å². The van der Waals surface area contributed by atoms with Gasteiger partial charge in [0.05, 0.1) is 6.26 Å². The first-order chi connectivity index (χ1) is 5.47. The van der Waals surface area contributed by atoms with E-state index in [1.807, 2.05) is 0 Å². The van der Waals surface area contributed by atoms with E-state index in [-0.39, 0.29) is 6.42 Å². The summed E-state index contributed by atoms with van der Waals surface area (Å²) in [4.78, 5) is 0. The van der Waals surface area contributed by atoms with Crippen LogP contribution in [0.4, 0.5) is 8.78 Å². The Morgan fingerprint density at radius 3 is 2.50 bits per heavy atom. The van der Waals surface area contributed by atoms with Crippen molar-refractivity contribution in [2.24, 2.45) is 5.73 Å². The summed E-state index contributed by atoms with van der Waals surface area (Å²) in [5, 5.41) is 0. The van der Waals surface area contributed by atoms with Crippen molar-refractivity contribution in [1.29, 1.82) is 0 Å². The zero-order valence-electron chi connectivity index (χ0n) is 6.60. The number of aryl methyl sites for hydroxylation is 1. The minimum Gasteiger partial charge on any atom is -0.469 e. The number of alkyl halides is 2. The molecule has 0 bridgehead atoms. The average molecular weight is 173 g/mol. The lowest BCUT2D eigenvalue weighted by molar-refractivity contribution is 0.0887. The molecule has 1 saturated carbocycles. The molecule has 2 rings (SSSR count). The largest absolute Gasteiger partial charge is 0.469 e. The third-order valence-electron chi connectivity index (χ3n) is 2.37. The van der Waals surface area contributed by atoms with Gasteiger partial charge in [0.25, 0.3) is 5.92 Å². The van der Waals surface area contributed by atoms with Crippen LogP contribution in [0.3, 0.4) is 0 Å². The van der Waals surface area contributed by atoms with Crippen LogP contribution in [0.5, 0.6) is 0 Å². The van der Waals surface area contributed by atoms with Crippen LogP contribution < -0.4 is 5.73 Å². The molecule has 0 spiro atoms. The Hall–Kier alpha value is -0.900. The summed E-state index contributed by atoms with van der Waals surface area (Å²) in [5.41, 5.74) is 4.44. The highest BCUT2D eigenvalue weighted by atomic mass is 19.3. The first-order valence-corrected chi connectivity index (χ1v) is 3.69. The molecule has 1 aromatic rings. The highest BCUT2D eigenvalue weighted by Crippen LogP contribution is 2.58. The second-order valence-corrected chi connectivity index (χ2v) is 3.24. The fourth-order valence-corrected chi connectivity index (χ4v) is 1.45. The molecule has 4 heteroatoms. The molecule has 1 aliphatic rings. The molecule has 0 aliphatic heterocycles. The van der Waals surface area contributed by atoms with Gasteiger partial charge in [0.2, 0.25) is 0 Å². The second kappa shape index (κ2) is 1.88. The molecule has 0 aromatic carbocycles. The van der Waals surface area contributed by atoms with E-state index in [0.29, 0.717) is 11.3 Å². The Morgan fingerprint density at radius 1 is 1.58 bits per heavy atom. The zero-order chi connectivity index (χ0) is 8.98. The molecule has 1 unspecified atom stereocenters. The molecule has 66 valence electrons. The average Bonchev–Trinajstić information content (AvgIpc) is 2.36. The topological polar surface area (TPSA) is 39.2 Å². The molecular formula is C8H9F2NO. The highest BCUT2D eigenvalue weighted by molar-refractivity contribution is 5.37. The van der Waals surface area contributed by atoms with E-state index in [9.17, 15) is 8.78 Å². The van der Waals surface area contributed by atoms with Gasteiger partial charge in [-0.25, -0.2) is 8.78 Å². The minimum absolute atomic E-state index is 0.277. The van der Waals surface area contributed by atoms with Gasteiger partial charge < -0.3 is 10.2 Å². The van der Waals surface area contributed by atoms with Crippen LogP contribution in [0.15, 0.2) is 16.7 Å². The summed E-state index contributed by atoms with van der Waals surface area (Å²) in [5.74, 6) is -2.28. The lowest BCUT2D eigenvalue weighted by Gasteiger charge is -2.07. The van der Waals surface area contributed by atoms with Gasteiger partial charge in [-0.1, -0.05) is 0 Å². The zero-order valence-corrected chi connectivity index (χ0v) is 6.60. The minimum atomic E-state index is -2.76. The molecule has 1 fully saturated rings. The summed E-state index contributed by atoms with van der Waals surface area (Å²) >= 11 is 0. The SMILES string of the molecule is Cc1occc1C1(N)CC1(F)F. The second-order valence-electron chi connectivity index (χ2n) is 3.24. The van der Waals surface area contributed by atoms with Crippen LogP contribution >= 0.6 is 0 Å². The third-order valence-corrected chi connectivity index (χ3v) is 2.37. The lowest BCUT2D eigenvalue weighted by Crippen LogP contribution is -2.27. The van der Waals surface area contributed by atoms with E-state index in [2.05, 4.69) is 0 Å².